The average molecular weight is 442 g/mol. The number of para-hydroxylation sites is 1. The first kappa shape index (κ1) is 17.7. The van der Waals surface area contributed by atoms with E-state index in [0.717, 1.165) is 0 Å². The third-order valence-electron chi connectivity index (χ3n) is 3.21. The molecule has 0 aliphatic rings. The van der Waals surface area contributed by atoms with Crippen LogP contribution in [-0.2, 0) is 9.84 Å². The van der Waals surface area contributed by atoms with Crippen LogP contribution in [0.3, 0.4) is 0 Å². The summed E-state index contributed by atoms with van der Waals surface area (Å²) >= 11 is 9.02. The van der Waals surface area contributed by atoms with Crippen molar-refractivity contribution in [1.29, 1.82) is 0 Å². The van der Waals surface area contributed by atoms with E-state index >= 15 is 0 Å². The number of furan rings is 1. The molecule has 0 unspecified atom stereocenters. The van der Waals surface area contributed by atoms with E-state index in [1.165, 1.54) is 36.4 Å². The minimum Gasteiger partial charge on any atom is -0.437 e. The number of hydrogen-bond donors (Lipinski definition) is 0. The number of hydrogen-bond acceptors (Lipinski definition) is 5. The summed E-state index contributed by atoms with van der Waals surface area (Å²) in [7, 11) is -3.89. The van der Waals surface area contributed by atoms with Gasteiger partial charge in [-0.15, -0.1) is 0 Å². The molecule has 0 N–H and O–H groups in total. The zero-order valence-corrected chi connectivity index (χ0v) is 15.6. The molecule has 2 aromatic carbocycles. The molecule has 5 nitrogen and oxygen atoms in total. The van der Waals surface area contributed by atoms with Gasteiger partial charge in [0.2, 0.25) is 20.7 Å². The van der Waals surface area contributed by atoms with Crippen LogP contribution in [0.4, 0.5) is 0 Å². The first-order valence-corrected chi connectivity index (χ1v) is 9.60. The lowest BCUT2D eigenvalue weighted by Crippen LogP contribution is -2.08. The standard InChI is InChI=1S/C17H10BrClO5S/c18-13-3-1-2-4-14(13)24-17(20)15-9-10-16(23-15)25(21,22)12-7-5-11(19)6-8-12/h1-10H. The zero-order chi connectivity index (χ0) is 18.0. The number of ether oxygens (including phenoxy) is 1. The number of carbonyl (C=O) groups excluding carboxylic acids is 1. The molecule has 128 valence electrons. The minimum absolute atomic E-state index is 0.0111. The van der Waals surface area contributed by atoms with E-state index in [9.17, 15) is 13.2 Å². The van der Waals surface area contributed by atoms with E-state index in [4.69, 9.17) is 20.8 Å². The number of carbonyl (C=O) groups is 1. The molecule has 0 amide bonds. The number of rotatable bonds is 4. The van der Waals surface area contributed by atoms with Gasteiger partial charge in [-0.2, -0.15) is 0 Å². The van der Waals surface area contributed by atoms with Gasteiger partial charge in [0.1, 0.15) is 5.75 Å². The average Bonchev–Trinajstić information content (AvgIpc) is 3.08. The fourth-order valence-electron chi connectivity index (χ4n) is 1.98. The van der Waals surface area contributed by atoms with Gasteiger partial charge in [-0.25, -0.2) is 13.2 Å². The van der Waals surface area contributed by atoms with E-state index in [1.54, 1.807) is 24.3 Å². The lowest BCUT2D eigenvalue weighted by Gasteiger charge is -2.04. The first-order valence-electron chi connectivity index (χ1n) is 6.95. The van der Waals surface area contributed by atoms with Gasteiger partial charge >= 0.3 is 5.97 Å². The molecule has 0 radical (unpaired) electrons. The molecular weight excluding hydrogens is 432 g/mol. The SMILES string of the molecule is O=C(Oc1ccccc1Br)c1ccc(S(=O)(=O)c2ccc(Cl)cc2)o1. The predicted octanol–water partition coefficient (Wildman–Crippen LogP) is 4.75. The molecule has 0 spiro atoms. The highest BCUT2D eigenvalue weighted by atomic mass is 79.9. The number of halogens is 2. The Morgan fingerprint density at radius 3 is 2.36 bits per heavy atom. The van der Waals surface area contributed by atoms with Gasteiger partial charge in [0.05, 0.1) is 9.37 Å². The molecular formula is C17H10BrClO5S. The summed E-state index contributed by atoms with van der Waals surface area (Å²) in [6.45, 7) is 0. The second-order valence-electron chi connectivity index (χ2n) is 4.90. The van der Waals surface area contributed by atoms with Gasteiger partial charge in [-0.1, -0.05) is 23.7 Å². The smallest absolute Gasteiger partial charge is 0.379 e. The molecule has 25 heavy (non-hydrogen) atoms. The highest BCUT2D eigenvalue weighted by molar-refractivity contribution is 9.10. The molecule has 0 aliphatic carbocycles. The third kappa shape index (κ3) is 3.78. The van der Waals surface area contributed by atoms with Gasteiger partial charge < -0.3 is 9.15 Å². The van der Waals surface area contributed by atoms with Crippen molar-refractivity contribution in [2.75, 3.05) is 0 Å². The van der Waals surface area contributed by atoms with Crippen molar-refractivity contribution >= 4 is 43.3 Å². The maximum Gasteiger partial charge on any atom is 0.379 e. The van der Waals surface area contributed by atoms with Crippen LogP contribution in [0.15, 0.2) is 79.5 Å². The van der Waals surface area contributed by atoms with E-state index < -0.39 is 15.8 Å². The largest absolute Gasteiger partial charge is 0.437 e. The Balaban J connectivity index is 1.85. The van der Waals surface area contributed by atoms with Gasteiger partial charge in [0, 0.05) is 5.02 Å². The predicted molar refractivity (Wildman–Crippen MR) is 94.7 cm³/mol. The fourth-order valence-corrected chi connectivity index (χ4v) is 3.65. The molecule has 0 atom stereocenters. The highest BCUT2D eigenvalue weighted by Gasteiger charge is 2.24. The van der Waals surface area contributed by atoms with Crippen LogP contribution in [0.1, 0.15) is 10.6 Å². The van der Waals surface area contributed by atoms with Crippen molar-refractivity contribution in [3.05, 3.63) is 75.9 Å². The van der Waals surface area contributed by atoms with E-state index in [0.29, 0.717) is 15.2 Å². The normalized spacial score (nSPS) is 11.3. The molecule has 0 fully saturated rings. The molecule has 0 aliphatic heterocycles. The minimum atomic E-state index is -3.89. The highest BCUT2D eigenvalue weighted by Crippen LogP contribution is 2.27. The van der Waals surface area contributed by atoms with Crippen molar-refractivity contribution in [3.8, 4) is 5.75 Å². The van der Waals surface area contributed by atoms with Crippen LogP contribution in [-0.4, -0.2) is 14.4 Å². The van der Waals surface area contributed by atoms with Crippen molar-refractivity contribution in [1.82, 2.24) is 0 Å². The second kappa shape index (κ2) is 7.03. The van der Waals surface area contributed by atoms with Crippen LogP contribution in [0.2, 0.25) is 5.02 Å². The summed E-state index contributed by atoms with van der Waals surface area (Å²) in [5, 5.41) is 0.0602. The van der Waals surface area contributed by atoms with Crippen LogP contribution in [0.25, 0.3) is 0 Å². The monoisotopic (exact) mass is 440 g/mol. The molecule has 3 aromatic rings. The van der Waals surface area contributed by atoms with Gasteiger partial charge in [-0.3, -0.25) is 0 Å². The Kier molecular flexibility index (Phi) is 4.99. The topological polar surface area (TPSA) is 73.6 Å². The Bertz CT molecular complexity index is 1030. The van der Waals surface area contributed by atoms with Crippen LogP contribution < -0.4 is 4.74 Å². The Morgan fingerprint density at radius 1 is 1.00 bits per heavy atom. The van der Waals surface area contributed by atoms with Gasteiger partial charge in [-0.05, 0) is 64.5 Å². The molecule has 8 heteroatoms. The molecule has 0 saturated carbocycles. The van der Waals surface area contributed by atoms with E-state index in [1.807, 2.05) is 0 Å². The summed E-state index contributed by atoms with van der Waals surface area (Å²) in [4.78, 5) is 12.1. The summed E-state index contributed by atoms with van der Waals surface area (Å²) in [5.41, 5.74) is 0. The molecule has 0 saturated heterocycles. The Hall–Kier alpha value is -2.09. The first-order chi connectivity index (χ1) is 11.9. The quantitative estimate of drug-likeness (QED) is 0.431. The second-order valence-corrected chi connectivity index (χ2v) is 8.07. The lowest BCUT2D eigenvalue weighted by molar-refractivity contribution is 0.0694. The van der Waals surface area contributed by atoms with Crippen molar-refractivity contribution in [3.63, 3.8) is 0 Å². The third-order valence-corrected chi connectivity index (χ3v) is 5.76. The molecule has 1 aromatic heterocycles. The maximum absolute atomic E-state index is 12.5. The van der Waals surface area contributed by atoms with Crippen molar-refractivity contribution in [2.24, 2.45) is 0 Å². The summed E-state index contributed by atoms with van der Waals surface area (Å²) in [6.07, 6.45) is 0. The Labute approximate surface area is 157 Å². The van der Waals surface area contributed by atoms with E-state index in [2.05, 4.69) is 15.9 Å². The lowest BCUT2D eigenvalue weighted by atomic mass is 10.3. The molecule has 0 bridgehead atoms. The van der Waals surface area contributed by atoms with Crippen molar-refractivity contribution in [2.45, 2.75) is 9.99 Å². The number of benzene rings is 2. The van der Waals surface area contributed by atoms with Crippen LogP contribution >= 0.6 is 27.5 Å². The summed E-state index contributed by atoms with van der Waals surface area (Å²) < 4.78 is 36.0. The number of esters is 1. The fraction of sp³-hybridized carbons (Fsp3) is 0. The van der Waals surface area contributed by atoms with Gasteiger partial charge in [0.15, 0.2) is 0 Å². The maximum atomic E-state index is 12.5. The van der Waals surface area contributed by atoms with Gasteiger partial charge in [0.25, 0.3) is 0 Å². The Morgan fingerprint density at radius 2 is 1.68 bits per heavy atom. The zero-order valence-electron chi connectivity index (χ0n) is 12.5. The van der Waals surface area contributed by atoms with E-state index in [-0.39, 0.29) is 15.7 Å². The molecule has 1 heterocycles. The summed E-state index contributed by atoms with van der Waals surface area (Å²) in [5.74, 6) is -0.723. The molecule has 3 rings (SSSR count). The van der Waals surface area contributed by atoms with Crippen LogP contribution in [0.5, 0.6) is 5.75 Å². The number of sulfone groups is 1. The van der Waals surface area contributed by atoms with Crippen molar-refractivity contribution < 1.29 is 22.4 Å². The van der Waals surface area contributed by atoms with Crippen LogP contribution in [0, 0.1) is 0 Å². The summed E-state index contributed by atoms with van der Waals surface area (Å²) in [6, 6.07) is 14.9.